The normalized spacial score (nSPS) is 15.2. The van der Waals surface area contributed by atoms with E-state index in [1.807, 2.05) is 0 Å². The molecule has 8 heteroatoms. The van der Waals surface area contributed by atoms with Gasteiger partial charge < -0.3 is 0 Å². The average Bonchev–Trinajstić information content (AvgIpc) is 1.87. The molecule has 4 nitrogen and oxygen atoms in total. The van der Waals surface area contributed by atoms with Crippen molar-refractivity contribution in [2.24, 2.45) is 0 Å². The maximum Gasteiger partial charge on any atom is 0.497 e. The van der Waals surface area contributed by atoms with Gasteiger partial charge in [-0.1, -0.05) is 0 Å². The molecule has 0 aliphatic rings. The van der Waals surface area contributed by atoms with Crippen LogP contribution in [0.15, 0.2) is 0 Å². The van der Waals surface area contributed by atoms with Gasteiger partial charge in [-0.2, -0.15) is 0 Å². The van der Waals surface area contributed by atoms with E-state index in [0.29, 0.717) is 0 Å². The molecule has 0 spiro atoms. The summed E-state index contributed by atoms with van der Waals surface area (Å²) in [6, 6.07) is 0. The summed E-state index contributed by atoms with van der Waals surface area (Å²) >= 11 is 10.3. The van der Waals surface area contributed by atoms with Crippen molar-refractivity contribution < 1.29 is 17.0 Å². The first kappa shape index (κ1) is 11.2. The van der Waals surface area contributed by atoms with Crippen molar-refractivity contribution >= 4 is 46.3 Å². The van der Waals surface area contributed by atoms with Crippen LogP contribution in [0.25, 0.3) is 0 Å². The molecule has 0 rings (SSSR count). The van der Waals surface area contributed by atoms with Gasteiger partial charge in [0.25, 0.3) is 0 Å². The molecule has 0 aromatic rings. The van der Waals surface area contributed by atoms with E-state index in [-0.39, 0.29) is 0 Å². The summed E-state index contributed by atoms with van der Waals surface area (Å²) < 4.78 is 23.6. The van der Waals surface area contributed by atoms with Gasteiger partial charge in [-0.15, -0.1) is 12.6 Å². The summed E-state index contributed by atoms with van der Waals surface area (Å²) in [6.45, 7) is 1.55. The first-order valence-corrected chi connectivity index (χ1v) is 4.87. The first-order valence-electron chi connectivity index (χ1n) is 2.17. The fraction of sp³-hybridized carbons (Fsp3) is 1.00. The minimum absolute atomic E-state index is 0.565. The lowest BCUT2D eigenvalue weighted by Crippen LogP contribution is -1.97. The molecule has 10 heavy (non-hydrogen) atoms. The van der Waals surface area contributed by atoms with Gasteiger partial charge in [0.05, 0.1) is 0 Å². The third kappa shape index (κ3) is 4.12. The van der Waals surface area contributed by atoms with Crippen LogP contribution in [0.1, 0.15) is 6.92 Å². The smallest absolute Gasteiger partial charge is 0.272 e. The molecule has 1 atom stereocenters. The van der Waals surface area contributed by atoms with Gasteiger partial charge in [0, 0.05) is 0 Å². The summed E-state index contributed by atoms with van der Waals surface area (Å²) in [5.41, 5.74) is -0.565. The van der Waals surface area contributed by atoms with Gasteiger partial charge in [0.15, 0.2) is 0 Å². The Hall–Kier alpha value is 1.16. The Labute approximate surface area is 75.9 Å². The Bertz CT molecular complexity index is 130. The topological polar surface area (TPSA) is 44.8 Å². The highest BCUT2D eigenvalue weighted by atomic mass is 32.1. The van der Waals surface area contributed by atoms with Crippen LogP contribution in [-0.4, -0.2) is 5.44 Å². The second kappa shape index (κ2) is 4.92. The van der Waals surface area contributed by atoms with Gasteiger partial charge in [-0.25, -0.2) is 12.5 Å². The number of hydrogen-bond donors (Lipinski definition) is 3. The van der Waals surface area contributed by atoms with Crippen LogP contribution in [-0.2, 0) is 17.0 Å². The maximum absolute atomic E-state index is 10.9. The molecule has 0 heterocycles. The van der Waals surface area contributed by atoms with Gasteiger partial charge >= 0.3 is 7.82 Å². The molecule has 0 amide bonds. The Morgan fingerprint density at radius 3 is 1.90 bits per heavy atom. The van der Waals surface area contributed by atoms with Gasteiger partial charge in [0.2, 0.25) is 0 Å². The van der Waals surface area contributed by atoms with Crippen molar-refractivity contribution in [1.29, 1.82) is 0 Å². The van der Waals surface area contributed by atoms with Crippen LogP contribution in [0.2, 0.25) is 0 Å². The van der Waals surface area contributed by atoms with Crippen molar-refractivity contribution in [3.63, 3.8) is 0 Å². The molecule has 0 saturated heterocycles. The van der Waals surface area contributed by atoms with Crippen LogP contribution in [0.5, 0.6) is 0 Å². The second-order valence-corrected chi connectivity index (χ2v) is 4.45. The molecule has 0 aromatic heterocycles. The predicted molar refractivity (Wildman–Crippen MR) is 47.3 cm³/mol. The number of hydrogen-bond acceptors (Lipinski definition) is 7. The fourth-order valence-corrected chi connectivity index (χ4v) is 1.66. The molecule has 0 bridgehead atoms. The Balaban J connectivity index is 3.94. The highest BCUT2D eigenvalue weighted by Gasteiger charge is 2.26. The molecule has 0 aliphatic heterocycles. The van der Waals surface area contributed by atoms with E-state index in [0.717, 1.165) is 0 Å². The van der Waals surface area contributed by atoms with Gasteiger partial charge in [-0.05, 0) is 32.7 Å². The minimum Gasteiger partial charge on any atom is -0.272 e. The van der Waals surface area contributed by atoms with E-state index in [1.165, 1.54) is 0 Å². The zero-order valence-corrected chi connectivity index (χ0v) is 8.58. The molecule has 62 valence electrons. The molecular weight excluding hydrogens is 215 g/mol. The molecule has 0 N–H and O–H groups in total. The number of rotatable bonds is 4. The predicted octanol–water partition coefficient (Wildman–Crippen LogP) is 2.11. The molecule has 0 fully saturated rings. The monoisotopic (exact) mass is 222 g/mol. The van der Waals surface area contributed by atoms with Crippen molar-refractivity contribution in [2.75, 3.05) is 0 Å². The van der Waals surface area contributed by atoms with E-state index in [9.17, 15) is 4.57 Å². The highest BCUT2D eigenvalue weighted by Crippen LogP contribution is 2.52. The standard InChI is InChI=1S/C2H7O4PS3/c1-2(8)4-7(3,5-9)6-10/h2,8-10H,1H3. The molecule has 0 radical (unpaired) electrons. The maximum atomic E-state index is 10.9. The number of thiol groups is 3. The lowest BCUT2D eigenvalue weighted by Gasteiger charge is -2.12. The van der Waals surface area contributed by atoms with Crippen LogP contribution in [0.4, 0.5) is 0 Å². The summed E-state index contributed by atoms with van der Waals surface area (Å²) in [7, 11) is -3.59. The molecule has 0 saturated carbocycles. The third-order valence-corrected chi connectivity index (χ3v) is 2.93. The van der Waals surface area contributed by atoms with Crippen molar-refractivity contribution in [1.82, 2.24) is 0 Å². The van der Waals surface area contributed by atoms with E-state index >= 15 is 0 Å². The summed E-state index contributed by atoms with van der Waals surface area (Å²) in [6.07, 6.45) is 0. The zero-order valence-electron chi connectivity index (χ0n) is 5.00. The van der Waals surface area contributed by atoms with Gasteiger partial charge in [-0.3, -0.25) is 4.52 Å². The highest BCUT2D eigenvalue weighted by molar-refractivity contribution is 7.85. The Morgan fingerprint density at radius 2 is 1.80 bits per heavy atom. The van der Waals surface area contributed by atoms with Crippen molar-refractivity contribution in [3.8, 4) is 0 Å². The summed E-state index contributed by atoms with van der Waals surface area (Å²) in [5, 5.41) is 0. The van der Waals surface area contributed by atoms with Crippen LogP contribution < -0.4 is 0 Å². The lowest BCUT2D eigenvalue weighted by molar-refractivity contribution is 0.223. The Morgan fingerprint density at radius 1 is 1.40 bits per heavy atom. The Kier molecular flexibility index (Phi) is 5.49. The van der Waals surface area contributed by atoms with Crippen molar-refractivity contribution in [2.45, 2.75) is 12.4 Å². The molecular formula is C2H7O4PS3. The summed E-state index contributed by atoms with van der Waals surface area (Å²) in [4.78, 5) is 0. The summed E-state index contributed by atoms with van der Waals surface area (Å²) in [5.74, 6) is 0. The second-order valence-electron chi connectivity index (χ2n) is 1.32. The van der Waals surface area contributed by atoms with E-state index in [2.05, 4.69) is 50.9 Å². The quantitative estimate of drug-likeness (QED) is 0.295. The van der Waals surface area contributed by atoms with Crippen molar-refractivity contribution in [3.05, 3.63) is 0 Å². The molecule has 0 aromatic carbocycles. The van der Waals surface area contributed by atoms with Crippen LogP contribution in [0.3, 0.4) is 0 Å². The fourth-order valence-electron chi connectivity index (χ4n) is 0.240. The lowest BCUT2D eigenvalue weighted by atomic mass is 10.9. The number of phosphoric acid groups is 1. The van der Waals surface area contributed by atoms with E-state index in [1.54, 1.807) is 6.92 Å². The van der Waals surface area contributed by atoms with E-state index < -0.39 is 13.3 Å². The minimum atomic E-state index is -3.59. The third-order valence-electron chi connectivity index (χ3n) is 0.482. The van der Waals surface area contributed by atoms with Crippen LogP contribution >= 0.6 is 46.3 Å². The van der Waals surface area contributed by atoms with Crippen LogP contribution in [0, 0.1) is 0 Å². The SMILES string of the molecule is CC(S)OP(=O)(OS)OS. The average molecular weight is 222 g/mol. The molecule has 0 aliphatic carbocycles. The first-order chi connectivity index (χ1) is 4.54. The zero-order chi connectivity index (χ0) is 8.20. The molecule has 1 unspecified atom stereocenters. The van der Waals surface area contributed by atoms with Gasteiger partial charge in [0.1, 0.15) is 5.44 Å². The van der Waals surface area contributed by atoms with E-state index in [4.69, 9.17) is 0 Å². The largest absolute Gasteiger partial charge is 0.497 e.